The van der Waals surface area contributed by atoms with Gasteiger partial charge in [-0.1, -0.05) is 28.1 Å². The van der Waals surface area contributed by atoms with Gasteiger partial charge in [-0.05, 0) is 70.9 Å². The fraction of sp³-hybridized carbons (Fsp3) is 0.179. The van der Waals surface area contributed by atoms with E-state index in [2.05, 4.69) is 26.2 Å². The number of aromatic nitrogens is 1. The van der Waals surface area contributed by atoms with Crippen LogP contribution in [-0.4, -0.2) is 56.9 Å². The van der Waals surface area contributed by atoms with Crippen LogP contribution in [0.1, 0.15) is 32.3 Å². The standard InChI is InChI=1S/C28H24BrN3O5S/c1-37-28(34)25-16-23(38(35,36)22-5-3-19-14-21(29)4-2-20(19)15-22)6-7-24(25)27(33)32-13-12-31-17-26(32)18-8-10-30-11-9-18/h2-11,14-16,26,31H,12-13,17H2,1H3. The molecule has 10 heteroatoms. The summed E-state index contributed by atoms with van der Waals surface area (Å²) in [7, 11) is -2.79. The Kier molecular flexibility index (Phi) is 7.29. The molecule has 194 valence electrons. The summed E-state index contributed by atoms with van der Waals surface area (Å²) in [6.45, 7) is 1.54. The predicted molar refractivity (Wildman–Crippen MR) is 146 cm³/mol. The number of fused-ring (bicyclic) bond motifs is 1. The number of amides is 1. The average Bonchev–Trinajstić information content (AvgIpc) is 2.96. The van der Waals surface area contributed by atoms with Crippen molar-refractivity contribution in [3.8, 4) is 0 Å². The maximum Gasteiger partial charge on any atom is 0.338 e. The van der Waals surface area contributed by atoms with Crippen molar-refractivity contribution in [1.82, 2.24) is 15.2 Å². The lowest BCUT2D eigenvalue weighted by atomic mass is 10.0. The summed E-state index contributed by atoms with van der Waals surface area (Å²) in [6.07, 6.45) is 3.33. The first kappa shape index (κ1) is 26.0. The van der Waals surface area contributed by atoms with E-state index in [-0.39, 0.29) is 32.9 Å². The third-order valence-electron chi connectivity index (χ3n) is 6.62. The first-order valence-electron chi connectivity index (χ1n) is 11.9. The molecule has 1 aliphatic rings. The molecule has 0 bridgehead atoms. The number of carbonyl (C=O) groups is 2. The van der Waals surface area contributed by atoms with E-state index >= 15 is 0 Å². The molecule has 1 N–H and O–H groups in total. The summed E-state index contributed by atoms with van der Waals surface area (Å²) in [5.41, 5.74) is 0.887. The lowest BCUT2D eigenvalue weighted by Gasteiger charge is -2.36. The molecular formula is C28H24BrN3O5S. The zero-order valence-electron chi connectivity index (χ0n) is 20.4. The minimum Gasteiger partial charge on any atom is -0.465 e. The van der Waals surface area contributed by atoms with E-state index in [1.807, 2.05) is 30.3 Å². The van der Waals surface area contributed by atoms with Gasteiger partial charge in [-0.25, -0.2) is 13.2 Å². The van der Waals surface area contributed by atoms with E-state index in [4.69, 9.17) is 4.74 Å². The Morgan fingerprint density at radius 1 is 0.947 bits per heavy atom. The van der Waals surface area contributed by atoms with E-state index in [1.165, 1.54) is 31.4 Å². The number of pyridine rings is 1. The normalized spacial score (nSPS) is 15.8. The van der Waals surface area contributed by atoms with Crippen molar-refractivity contribution in [3.63, 3.8) is 0 Å². The number of nitrogens with zero attached hydrogens (tertiary/aromatic N) is 2. The number of ether oxygens (including phenoxy) is 1. The molecule has 0 saturated carbocycles. The van der Waals surface area contributed by atoms with Crippen molar-refractivity contribution in [1.29, 1.82) is 0 Å². The van der Waals surface area contributed by atoms with Gasteiger partial charge in [0.2, 0.25) is 9.84 Å². The number of piperazine rings is 1. The number of esters is 1. The number of hydrogen-bond acceptors (Lipinski definition) is 7. The highest BCUT2D eigenvalue weighted by molar-refractivity contribution is 9.10. The van der Waals surface area contributed by atoms with E-state index in [0.717, 1.165) is 20.8 Å². The molecule has 3 aromatic carbocycles. The summed E-state index contributed by atoms with van der Waals surface area (Å²) in [5.74, 6) is -1.17. The first-order valence-corrected chi connectivity index (χ1v) is 14.2. The molecule has 5 rings (SSSR count). The Balaban J connectivity index is 1.54. The maximum absolute atomic E-state index is 13.8. The number of nitrogens with one attached hydrogen (secondary N) is 1. The summed E-state index contributed by atoms with van der Waals surface area (Å²) in [4.78, 5) is 32.3. The Hall–Kier alpha value is -3.60. The van der Waals surface area contributed by atoms with Crippen molar-refractivity contribution in [2.24, 2.45) is 0 Å². The third-order valence-corrected chi connectivity index (χ3v) is 8.86. The van der Waals surface area contributed by atoms with Crippen molar-refractivity contribution in [2.75, 3.05) is 26.7 Å². The van der Waals surface area contributed by atoms with Crippen molar-refractivity contribution >= 4 is 48.4 Å². The van der Waals surface area contributed by atoms with Crippen LogP contribution in [0.5, 0.6) is 0 Å². The SMILES string of the molecule is COC(=O)c1cc(S(=O)(=O)c2ccc3cc(Br)ccc3c2)ccc1C(=O)N1CCNCC1c1ccncc1. The van der Waals surface area contributed by atoms with Crippen LogP contribution >= 0.6 is 15.9 Å². The fourth-order valence-corrected chi connectivity index (χ4v) is 6.34. The molecule has 1 aromatic heterocycles. The first-order chi connectivity index (χ1) is 18.3. The van der Waals surface area contributed by atoms with Crippen LogP contribution in [0.3, 0.4) is 0 Å². The van der Waals surface area contributed by atoms with Crippen molar-refractivity contribution < 1.29 is 22.7 Å². The Morgan fingerprint density at radius 3 is 2.39 bits per heavy atom. The summed E-state index contributed by atoms with van der Waals surface area (Å²) >= 11 is 3.42. The molecule has 1 saturated heterocycles. The molecule has 1 fully saturated rings. The number of carbonyl (C=O) groups excluding carboxylic acids is 2. The molecule has 8 nitrogen and oxygen atoms in total. The van der Waals surface area contributed by atoms with Gasteiger partial charge in [-0.3, -0.25) is 9.78 Å². The van der Waals surface area contributed by atoms with E-state index in [1.54, 1.807) is 29.4 Å². The topological polar surface area (TPSA) is 106 Å². The summed E-state index contributed by atoms with van der Waals surface area (Å²) < 4.78 is 32.9. The maximum atomic E-state index is 13.8. The Labute approximate surface area is 228 Å². The van der Waals surface area contributed by atoms with Gasteiger partial charge in [-0.15, -0.1) is 0 Å². The molecule has 1 unspecified atom stereocenters. The molecule has 4 aromatic rings. The Morgan fingerprint density at radius 2 is 1.63 bits per heavy atom. The predicted octanol–water partition coefficient (Wildman–Crippen LogP) is 4.40. The second-order valence-corrected chi connectivity index (χ2v) is 11.7. The van der Waals surface area contributed by atoms with Gasteiger partial charge in [0.05, 0.1) is 34.1 Å². The molecular weight excluding hydrogens is 570 g/mol. The second kappa shape index (κ2) is 10.6. The van der Waals surface area contributed by atoms with Crippen molar-refractivity contribution in [3.05, 3.63) is 100 Å². The van der Waals surface area contributed by atoms with Gasteiger partial charge in [0.25, 0.3) is 5.91 Å². The van der Waals surface area contributed by atoms with Gasteiger partial charge in [0.15, 0.2) is 0 Å². The van der Waals surface area contributed by atoms with E-state index < -0.39 is 15.8 Å². The van der Waals surface area contributed by atoms with Crippen LogP contribution in [-0.2, 0) is 14.6 Å². The van der Waals surface area contributed by atoms with E-state index in [0.29, 0.717) is 19.6 Å². The minimum atomic E-state index is -3.99. The van der Waals surface area contributed by atoms with Gasteiger partial charge in [0, 0.05) is 36.5 Å². The highest BCUT2D eigenvalue weighted by Crippen LogP contribution is 2.30. The van der Waals surface area contributed by atoms with Gasteiger partial charge < -0.3 is 15.0 Å². The fourth-order valence-electron chi connectivity index (χ4n) is 4.64. The average molecular weight is 594 g/mol. The van der Waals surface area contributed by atoms with Crippen LogP contribution in [0.25, 0.3) is 10.8 Å². The lowest BCUT2D eigenvalue weighted by molar-refractivity contribution is 0.0571. The zero-order chi connectivity index (χ0) is 26.9. The molecule has 2 heterocycles. The van der Waals surface area contributed by atoms with E-state index in [9.17, 15) is 18.0 Å². The van der Waals surface area contributed by atoms with Crippen LogP contribution in [0.15, 0.2) is 93.4 Å². The zero-order valence-corrected chi connectivity index (χ0v) is 22.8. The Bertz CT molecular complexity index is 1640. The molecule has 1 aliphatic heterocycles. The lowest BCUT2D eigenvalue weighted by Crippen LogP contribution is -2.49. The monoisotopic (exact) mass is 593 g/mol. The van der Waals surface area contributed by atoms with Gasteiger partial charge in [-0.2, -0.15) is 0 Å². The second-order valence-electron chi connectivity index (χ2n) is 8.85. The third kappa shape index (κ3) is 4.94. The molecule has 1 atom stereocenters. The highest BCUT2D eigenvalue weighted by atomic mass is 79.9. The van der Waals surface area contributed by atoms with Crippen LogP contribution in [0.2, 0.25) is 0 Å². The quantitative estimate of drug-likeness (QED) is 0.342. The minimum absolute atomic E-state index is 0.0834. The molecule has 38 heavy (non-hydrogen) atoms. The molecule has 0 spiro atoms. The smallest absolute Gasteiger partial charge is 0.338 e. The highest BCUT2D eigenvalue weighted by Gasteiger charge is 2.32. The number of methoxy groups -OCH3 is 1. The van der Waals surface area contributed by atoms with Crippen LogP contribution < -0.4 is 5.32 Å². The van der Waals surface area contributed by atoms with Crippen LogP contribution in [0, 0.1) is 0 Å². The molecule has 0 radical (unpaired) electrons. The number of hydrogen-bond donors (Lipinski definition) is 1. The molecule has 0 aliphatic carbocycles. The number of halogens is 1. The molecule has 1 amide bonds. The van der Waals surface area contributed by atoms with Gasteiger partial charge >= 0.3 is 5.97 Å². The van der Waals surface area contributed by atoms with Gasteiger partial charge in [0.1, 0.15) is 0 Å². The van der Waals surface area contributed by atoms with Crippen LogP contribution in [0.4, 0.5) is 0 Å². The largest absolute Gasteiger partial charge is 0.465 e. The number of rotatable bonds is 5. The van der Waals surface area contributed by atoms with Crippen molar-refractivity contribution in [2.45, 2.75) is 15.8 Å². The summed E-state index contributed by atoms with van der Waals surface area (Å²) in [5, 5.41) is 4.94. The summed E-state index contributed by atoms with van der Waals surface area (Å²) in [6, 6.07) is 17.8. The number of sulfone groups is 1. The number of benzene rings is 3.